The van der Waals surface area contributed by atoms with Crippen molar-refractivity contribution in [2.24, 2.45) is 0 Å². The van der Waals surface area contributed by atoms with Crippen LogP contribution in [0.4, 0.5) is 0 Å². The average molecular weight is 428 g/mol. The van der Waals surface area contributed by atoms with E-state index in [4.69, 9.17) is 0 Å². The van der Waals surface area contributed by atoms with E-state index in [-0.39, 0.29) is 18.7 Å². The lowest BCUT2D eigenvalue weighted by atomic mass is 10.1. The van der Waals surface area contributed by atoms with Crippen LogP contribution in [-0.2, 0) is 15.8 Å². The van der Waals surface area contributed by atoms with Gasteiger partial charge >= 0.3 is 0 Å². The molecule has 0 heterocycles. The van der Waals surface area contributed by atoms with Crippen LogP contribution in [0.25, 0.3) is 0 Å². The molecule has 1 rings (SSSR count). The number of carbonyl (C=O) groups is 1. The van der Waals surface area contributed by atoms with Gasteiger partial charge in [-0.25, -0.2) is 0 Å². The summed E-state index contributed by atoms with van der Waals surface area (Å²) in [5.74, 6) is 0.715. The lowest BCUT2D eigenvalue weighted by molar-refractivity contribution is -0.317. The van der Waals surface area contributed by atoms with E-state index in [1.165, 1.54) is 43.6 Å². The molecule has 0 aromatic heterocycles. The van der Waals surface area contributed by atoms with Crippen LogP contribution in [0.2, 0.25) is 0 Å². The van der Waals surface area contributed by atoms with Crippen LogP contribution < -0.4 is 15.1 Å². The van der Waals surface area contributed by atoms with Crippen molar-refractivity contribution in [1.29, 1.82) is 0 Å². The Morgan fingerprint density at radius 2 is 1.57 bits per heavy atom. The maximum Gasteiger partial charge on any atom is 0.220 e. The predicted octanol–water partition coefficient (Wildman–Crippen LogP) is 3.85. The molecule has 160 valence electrons. The lowest BCUT2D eigenvalue weighted by Gasteiger charge is -2.38. The van der Waals surface area contributed by atoms with Crippen LogP contribution in [0, 0.1) is 0 Å². The summed E-state index contributed by atoms with van der Waals surface area (Å²) < 4.78 is 11.5. The van der Waals surface area contributed by atoms with Crippen LogP contribution in [0.15, 0.2) is 30.3 Å². The molecule has 0 saturated heterocycles. The largest absolute Gasteiger partial charge is 0.809 e. The molecule has 1 unspecified atom stereocenters. The van der Waals surface area contributed by atoms with E-state index in [9.17, 15) is 19.1 Å². The Morgan fingerprint density at radius 1 is 1.00 bits per heavy atom. The summed E-state index contributed by atoms with van der Waals surface area (Å²) in [6.07, 6.45) is 9.31. The number of benzene rings is 1. The zero-order valence-corrected chi connectivity index (χ0v) is 18.6. The molecule has 0 aliphatic rings. The fraction of sp³-hybridized carbons (Fsp3) is 0.667. The van der Waals surface area contributed by atoms with E-state index in [0.717, 1.165) is 19.3 Å². The van der Waals surface area contributed by atoms with Gasteiger partial charge in [-0.1, -0.05) is 75.8 Å². The van der Waals surface area contributed by atoms with Crippen molar-refractivity contribution in [2.75, 3.05) is 11.5 Å². The fourth-order valence-electron chi connectivity index (χ4n) is 3.03. The van der Waals surface area contributed by atoms with Crippen LogP contribution in [0.5, 0.6) is 0 Å². The molecule has 0 fully saturated rings. The number of rotatable bonds is 16. The van der Waals surface area contributed by atoms with E-state index < -0.39 is 13.4 Å². The van der Waals surface area contributed by atoms with Crippen molar-refractivity contribution in [3.05, 3.63) is 35.9 Å². The van der Waals surface area contributed by atoms with Gasteiger partial charge in [0, 0.05) is 6.42 Å². The summed E-state index contributed by atoms with van der Waals surface area (Å²) in [7, 11) is -4.90. The first-order valence-corrected chi connectivity index (χ1v) is 13.1. The molecule has 0 bridgehead atoms. The minimum atomic E-state index is -4.90. The quantitative estimate of drug-likeness (QED) is 0.320. The number of hydrogen-bond donors (Lipinski definition) is 1. The van der Waals surface area contributed by atoms with Crippen molar-refractivity contribution in [2.45, 2.75) is 76.9 Å². The molecule has 0 spiro atoms. The van der Waals surface area contributed by atoms with Gasteiger partial charge in [-0.15, -0.1) is 0 Å². The van der Waals surface area contributed by atoms with Gasteiger partial charge in [-0.3, -0.25) is 4.79 Å². The Bertz CT molecular complexity index is 579. The third-order valence-electron chi connectivity index (χ3n) is 4.63. The van der Waals surface area contributed by atoms with Crippen molar-refractivity contribution in [1.82, 2.24) is 5.32 Å². The van der Waals surface area contributed by atoms with E-state index in [2.05, 4.69) is 12.2 Å². The van der Waals surface area contributed by atoms with Crippen molar-refractivity contribution in [3.63, 3.8) is 0 Å². The highest BCUT2D eigenvalue weighted by atomic mass is 32.2. The minimum Gasteiger partial charge on any atom is -0.809 e. The fourth-order valence-corrected chi connectivity index (χ4v) is 4.47. The summed E-state index contributed by atoms with van der Waals surface area (Å²) >= 11 is 2.00. The Hall–Kier alpha value is -0.810. The molecule has 5 nitrogen and oxygen atoms in total. The lowest BCUT2D eigenvalue weighted by Crippen LogP contribution is -2.42. The SMILES string of the molecule is CCSCCCCCCCCCCC(=O)NC(Cc1ccccc1)P(=O)([O-])[O-]. The zero-order chi connectivity index (χ0) is 20.7. The first kappa shape index (κ1) is 25.2. The summed E-state index contributed by atoms with van der Waals surface area (Å²) in [5, 5.41) is 2.41. The summed E-state index contributed by atoms with van der Waals surface area (Å²) in [5.41, 5.74) is 0.716. The highest BCUT2D eigenvalue weighted by molar-refractivity contribution is 7.99. The van der Waals surface area contributed by atoms with E-state index >= 15 is 0 Å². The van der Waals surface area contributed by atoms with Gasteiger partial charge in [-0.2, -0.15) is 11.8 Å². The van der Waals surface area contributed by atoms with Crippen molar-refractivity contribution in [3.8, 4) is 0 Å². The van der Waals surface area contributed by atoms with Gasteiger partial charge in [0.1, 0.15) is 0 Å². The Kier molecular flexibility index (Phi) is 13.6. The number of nitrogens with one attached hydrogen (secondary N) is 1. The van der Waals surface area contributed by atoms with Crippen LogP contribution in [0.3, 0.4) is 0 Å². The third-order valence-corrected chi connectivity index (χ3v) is 6.69. The number of unbranched alkanes of at least 4 members (excludes halogenated alkanes) is 7. The second-order valence-electron chi connectivity index (χ2n) is 7.09. The highest BCUT2D eigenvalue weighted by Crippen LogP contribution is 2.32. The average Bonchev–Trinajstić information content (AvgIpc) is 2.65. The summed E-state index contributed by atoms with van der Waals surface area (Å²) in [6.45, 7) is 2.19. The summed E-state index contributed by atoms with van der Waals surface area (Å²) in [4.78, 5) is 35.0. The van der Waals surface area contributed by atoms with Gasteiger partial charge in [-0.05, 0) is 43.9 Å². The molecule has 0 aliphatic carbocycles. The standard InChI is InChI=1S/C21H36NO4PS/c1-2-28-17-13-8-6-4-3-5-7-12-16-20(23)22-21(27(24,25)26)18-19-14-10-9-11-15-19/h9-11,14-15,21H,2-8,12-13,16-18H2,1H3,(H,22,23)(H2,24,25,26)/p-2. The zero-order valence-electron chi connectivity index (χ0n) is 16.9. The molecular weight excluding hydrogens is 393 g/mol. The molecule has 7 heteroatoms. The van der Waals surface area contributed by atoms with Gasteiger partial charge < -0.3 is 19.7 Å². The Morgan fingerprint density at radius 3 is 2.14 bits per heavy atom. The summed E-state index contributed by atoms with van der Waals surface area (Å²) in [6, 6.07) is 8.86. The second kappa shape index (κ2) is 15.1. The molecule has 0 saturated carbocycles. The maximum absolute atomic E-state index is 12.0. The molecular formula is C21H34NO4PS-2. The molecule has 1 atom stereocenters. The predicted molar refractivity (Wildman–Crippen MR) is 114 cm³/mol. The molecule has 28 heavy (non-hydrogen) atoms. The first-order valence-electron chi connectivity index (χ1n) is 10.4. The molecule has 0 radical (unpaired) electrons. The minimum absolute atomic E-state index is 0.00756. The van der Waals surface area contributed by atoms with Crippen molar-refractivity contribution >= 4 is 25.3 Å². The van der Waals surface area contributed by atoms with Crippen LogP contribution in [0.1, 0.15) is 70.3 Å². The molecule has 1 amide bonds. The van der Waals surface area contributed by atoms with Gasteiger partial charge in [0.25, 0.3) is 0 Å². The smallest absolute Gasteiger partial charge is 0.220 e. The number of hydrogen-bond acceptors (Lipinski definition) is 5. The molecule has 0 aliphatic heterocycles. The van der Waals surface area contributed by atoms with E-state index in [1.807, 2.05) is 17.8 Å². The molecule has 1 aromatic carbocycles. The van der Waals surface area contributed by atoms with Gasteiger partial charge in [0.2, 0.25) is 5.91 Å². The Balaban J connectivity index is 2.15. The number of amides is 1. The maximum atomic E-state index is 12.0. The second-order valence-corrected chi connectivity index (χ2v) is 10.2. The van der Waals surface area contributed by atoms with Crippen LogP contribution >= 0.6 is 19.4 Å². The molecule has 1 N–H and O–H groups in total. The first-order chi connectivity index (χ1) is 13.4. The topological polar surface area (TPSA) is 92.3 Å². The van der Waals surface area contributed by atoms with Gasteiger partial charge in [0.05, 0.1) is 5.78 Å². The monoisotopic (exact) mass is 427 g/mol. The van der Waals surface area contributed by atoms with E-state index in [0.29, 0.717) is 5.56 Å². The highest BCUT2D eigenvalue weighted by Gasteiger charge is 2.16. The van der Waals surface area contributed by atoms with Gasteiger partial charge in [0.15, 0.2) is 0 Å². The normalized spacial score (nSPS) is 12.7. The van der Waals surface area contributed by atoms with Crippen molar-refractivity contribution < 1.29 is 19.1 Å². The van der Waals surface area contributed by atoms with E-state index in [1.54, 1.807) is 24.3 Å². The molecule has 1 aromatic rings. The number of carbonyl (C=O) groups excluding carboxylic acids is 1. The van der Waals surface area contributed by atoms with Crippen LogP contribution in [-0.4, -0.2) is 23.2 Å². The third kappa shape index (κ3) is 12.6. The number of thioether (sulfide) groups is 1. The Labute approximate surface area is 174 Å².